The molecule has 0 aliphatic rings. The zero-order chi connectivity index (χ0) is 22.8. The van der Waals surface area contributed by atoms with E-state index in [0.717, 1.165) is 28.2 Å². The molecule has 0 saturated carbocycles. The molecule has 0 bridgehead atoms. The number of nitrogens with one attached hydrogen (secondary N) is 1. The molecule has 0 unspecified atom stereocenters. The van der Waals surface area contributed by atoms with Crippen LogP contribution < -0.4 is 10.1 Å². The number of alkyl halides is 2. The minimum absolute atomic E-state index is 0.115. The van der Waals surface area contributed by atoms with Crippen LogP contribution in [-0.2, 0) is 13.6 Å². The first-order valence-corrected chi connectivity index (χ1v) is 10.0. The Balaban J connectivity index is 1.36. The summed E-state index contributed by atoms with van der Waals surface area (Å²) >= 11 is 0. The number of aryl methyl sites for hydroxylation is 1. The molecular formula is C22H18F2N8O. The average Bonchev–Trinajstić information content (AvgIpc) is 3.40. The minimum atomic E-state index is -2.85. The molecular weight excluding hydrogens is 430 g/mol. The lowest BCUT2D eigenvalue weighted by Crippen LogP contribution is -2.04. The Kier molecular flexibility index (Phi) is 5.35. The summed E-state index contributed by atoms with van der Waals surface area (Å²) in [5.74, 6) is 1.35. The number of nitrogens with zero attached hydrogens (tertiary/aromatic N) is 7. The number of benzene rings is 2. The van der Waals surface area contributed by atoms with E-state index in [2.05, 4.69) is 35.4 Å². The third-order valence-electron chi connectivity index (χ3n) is 5.01. The molecule has 5 aromatic rings. The van der Waals surface area contributed by atoms with Gasteiger partial charge in [-0.15, -0.1) is 5.10 Å². The van der Waals surface area contributed by atoms with Gasteiger partial charge in [0.25, 0.3) is 0 Å². The van der Waals surface area contributed by atoms with Gasteiger partial charge in [-0.2, -0.15) is 13.9 Å². The van der Waals surface area contributed by atoms with E-state index in [1.807, 2.05) is 37.4 Å². The Labute approximate surface area is 186 Å². The van der Waals surface area contributed by atoms with E-state index in [1.165, 1.54) is 12.1 Å². The minimum Gasteiger partial charge on any atom is -0.435 e. The van der Waals surface area contributed by atoms with Gasteiger partial charge in [-0.1, -0.05) is 23.4 Å². The van der Waals surface area contributed by atoms with Crippen LogP contribution in [0.15, 0.2) is 67.0 Å². The highest BCUT2D eigenvalue weighted by Gasteiger charge is 2.10. The normalized spacial score (nSPS) is 11.3. The second-order valence-corrected chi connectivity index (χ2v) is 7.20. The molecule has 0 aliphatic carbocycles. The summed E-state index contributed by atoms with van der Waals surface area (Å²) in [4.78, 5) is 8.86. The van der Waals surface area contributed by atoms with Gasteiger partial charge in [0.1, 0.15) is 17.1 Å². The van der Waals surface area contributed by atoms with Crippen LogP contribution in [0.2, 0.25) is 0 Å². The van der Waals surface area contributed by atoms with Crippen LogP contribution in [0.1, 0.15) is 5.56 Å². The third-order valence-corrected chi connectivity index (χ3v) is 5.01. The van der Waals surface area contributed by atoms with Crippen molar-refractivity contribution in [2.24, 2.45) is 7.05 Å². The number of fused-ring (bicyclic) bond motifs is 1. The number of ether oxygens (including phenoxy) is 1. The SMILES string of the molecule is Cn1nccc1Nc1nccc(-c2ccc3c(c2)nnn3Cc2ccc(OC(F)F)cc2)n1. The molecule has 0 spiro atoms. The maximum atomic E-state index is 12.3. The summed E-state index contributed by atoms with van der Waals surface area (Å²) in [6, 6.07) is 15.9. The van der Waals surface area contributed by atoms with Crippen LogP contribution in [0.5, 0.6) is 5.75 Å². The smallest absolute Gasteiger partial charge is 0.387 e. The zero-order valence-electron chi connectivity index (χ0n) is 17.4. The molecule has 11 heteroatoms. The lowest BCUT2D eigenvalue weighted by Gasteiger charge is -2.07. The highest BCUT2D eigenvalue weighted by atomic mass is 19.3. The number of halogens is 2. The monoisotopic (exact) mass is 448 g/mol. The molecule has 0 fully saturated rings. The van der Waals surface area contributed by atoms with E-state index in [4.69, 9.17) is 0 Å². The predicted octanol–water partition coefficient (Wildman–Crippen LogP) is 4.02. The van der Waals surface area contributed by atoms with Crippen LogP contribution in [0, 0.1) is 0 Å². The Morgan fingerprint density at radius 3 is 2.64 bits per heavy atom. The summed E-state index contributed by atoms with van der Waals surface area (Å²) < 4.78 is 32.5. The first-order valence-electron chi connectivity index (χ1n) is 10.0. The fourth-order valence-electron chi connectivity index (χ4n) is 3.39. The highest BCUT2D eigenvalue weighted by Crippen LogP contribution is 2.24. The van der Waals surface area contributed by atoms with Crippen molar-refractivity contribution in [3.63, 3.8) is 0 Å². The van der Waals surface area contributed by atoms with Crippen molar-refractivity contribution in [1.82, 2.24) is 34.7 Å². The molecule has 0 saturated heterocycles. The average molecular weight is 448 g/mol. The van der Waals surface area contributed by atoms with Crippen molar-refractivity contribution in [3.8, 4) is 17.0 Å². The lowest BCUT2D eigenvalue weighted by molar-refractivity contribution is -0.0498. The molecule has 1 N–H and O–H groups in total. The second kappa shape index (κ2) is 8.61. The summed E-state index contributed by atoms with van der Waals surface area (Å²) in [7, 11) is 1.83. The molecule has 0 radical (unpaired) electrons. The van der Waals surface area contributed by atoms with E-state index in [1.54, 1.807) is 33.9 Å². The van der Waals surface area contributed by atoms with Gasteiger partial charge in [0.2, 0.25) is 5.95 Å². The quantitative estimate of drug-likeness (QED) is 0.402. The summed E-state index contributed by atoms with van der Waals surface area (Å²) in [6.07, 6.45) is 3.37. The molecule has 5 rings (SSSR count). The molecule has 166 valence electrons. The van der Waals surface area contributed by atoms with Gasteiger partial charge in [-0.05, 0) is 35.9 Å². The van der Waals surface area contributed by atoms with Crippen LogP contribution in [0.3, 0.4) is 0 Å². The lowest BCUT2D eigenvalue weighted by atomic mass is 10.1. The molecule has 0 atom stereocenters. The van der Waals surface area contributed by atoms with E-state index < -0.39 is 6.61 Å². The van der Waals surface area contributed by atoms with E-state index >= 15 is 0 Å². The van der Waals surface area contributed by atoms with E-state index in [-0.39, 0.29) is 5.75 Å². The largest absolute Gasteiger partial charge is 0.435 e. The molecule has 0 amide bonds. The van der Waals surface area contributed by atoms with Crippen molar-refractivity contribution < 1.29 is 13.5 Å². The first kappa shape index (κ1) is 20.5. The topological polar surface area (TPSA) is 95.6 Å². The molecule has 33 heavy (non-hydrogen) atoms. The van der Waals surface area contributed by atoms with Crippen molar-refractivity contribution >= 4 is 22.8 Å². The van der Waals surface area contributed by atoms with E-state index in [0.29, 0.717) is 18.0 Å². The Morgan fingerprint density at radius 2 is 1.88 bits per heavy atom. The Bertz CT molecular complexity index is 1400. The highest BCUT2D eigenvalue weighted by molar-refractivity contribution is 5.80. The van der Waals surface area contributed by atoms with Crippen LogP contribution in [0.4, 0.5) is 20.5 Å². The molecule has 2 aromatic carbocycles. The van der Waals surface area contributed by atoms with Crippen molar-refractivity contribution in [2.45, 2.75) is 13.2 Å². The molecule has 3 heterocycles. The number of rotatable bonds is 7. The summed E-state index contributed by atoms with van der Waals surface area (Å²) in [5, 5.41) is 15.8. The molecule has 9 nitrogen and oxygen atoms in total. The predicted molar refractivity (Wildman–Crippen MR) is 117 cm³/mol. The number of hydrogen-bond donors (Lipinski definition) is 1. The van der Waals surface area contributed by atoms with Gasteiger partial charge >= 0.3 is 6.61 Å². The van der Waals surface area contributed by atoms with Gasteiger partial charge in [0, 0.05) is 24.9 Å². The maximum Gasteiger partial charge on any atom is 0.387 e. The van der Waals surface area contributed by atoms with Crippen molar-refractivity contribution in [2.75, 3.05) is 5.32 Å². The standard InChI is InChI=1S/C22H18F2N8O/c1-31-20(9-11-26-31)28-22-25-10-8-17(27-22)15-4-7-19-18(12-15)29-30-32(19)13-14-2-5-16(6-3-14)33-21(23)24/h2-12,21H,13H2,1H3,(H,25,27,28). The van der Waals surface area contributed by atoms with Crippen LogP contribution in [0.25, 0.3) is 22.3 Å². The summed E-state index contributed by atoms with van der Waals surface area (Å²) in [6.45, 7) is -2.40. The maximum absolute atomic E-state index is 12.3. The second-order valence-electron chi connectivity index (χ2n) is 7.20. The first-order chi connectivity index (χ1) is 16.0. The van der Waals surface area contributed by atoms with Gasteiger partial charge in [0.15, 0.2) is 0 Å². The van der Waals surface area contributed by atoms with Crippen molar-refractivity contribution in [1.29, 1.82) is 0 Å². The fourth-order valence-corrected chi connectivity index (χ4v) is 3.39. The Morgan fingerprint density at radius 1 is 1.03 bits per heavy atom. The van der Waals surface area contributed by atoms with Gasteiger partial charge in [0.05, 0.1) is 24.0 Å². The summed E-state index contributed by atoms with van der Waals surface area (Å²) in [5.41, 5.74) is 4.05. The molecule has 0 aliphatic heterocycles. The Hall–Kier alpha value is -4.41. The number of hydrogen-bond acceptors (Lipinski definition) is 7. The zero-order valence-corrected chi connectivity index (χ0v) is 17.4. The van der Waals surface area contributed by atoms with E-state index in [9.17, 15) is 8.78 Å². The number of aromatic nitrogens is 7. The van der Waals surface area contributed by atoms with Crippen LogP contribution >= 0.6 is 0 Å². The fraction of sp³-hybridized carbons (Fsp3) is 0.136. The van der Waals surface area contributed by atoms with Crippen molar-refractivity contribution in [3.05, 3.63) is 72.6 Å². The third kappa shape index (κ3) is 4.47. The van der Waals surface area contributed by atoms with Crippen LogP contribution in [-0.4, -0.2) is 41.4 Å². The number of anilines is 2. The van der Waals surface area contributed by atoms with Gasteiger partial charge in [-0.25, -0.2) is 14.6 Å². The van der Waals surface area contributed by atoms with Gasteiger partial charge in [-0.3, -0.25) is 4.68 Å². The molecule has 3 aromatic heterocycles. The van der Waals surface area contributed by atoms with Gasteiger partial charge < -0.3 is 10.1 Å².